The number of pyridine rings is 2. The average Bonchev–Trinajstić information content (AvgIpc) is 3.52. The van der Waals surface area contributed by atoms with E-state index in [2.05, 4.69) is 45.1 Å². The number of piperidine rings is 1. The molecule has 11 nitrogen and oxygen atoms in total. The predicted molar refractivity (Wildman–Crippen MR) is 136 cm³/mol. The number of aromatic nitrogens is 6. The molecule has 0 aromatic carbocycles. The third kappa shape index (κ3) is 3.76. The summed E-state index contributed by atoms with van der Waals surface area (Å²) in [5.41, 5.74) is 3.89. The molecule has 37 heavy (non-hydrogen) atoms. The Balaban J connectivity index is 1.40. The minimum absolute atomic E-state index is 0.0312. The van der Waals surface area contributed by atoms with Crippen LogP contribution < -0.4 is 10.6 Å². The third-order valence-corrected chi connectivity index (χ3v) is 7.60. The van der Waals surface area contributed by atoms with Gasteiger partial charge in [-0.05, 0) is 31.0 Å². The summed E-state index contributed by atoms with van der Waals surface area (Å²) < 4.78 is 1.73. The summed E-state index contributed by atoms with van der Waals surface area (Å²) in [6.07, 6.45) is 7.65. The number of nitrogens with one attached hydrogen (secondary N) is 2. The van der Waals surface area contributed by atoms with Gasteiger partial charge in [0.2, 0.25) is 5.91 Å². The lowest BCUT2D eigenvalue weighted by Gasteiger charge is -2.45. The largest absolute Gasteiger partial charge is 0.358 e. The lowest BCUT2D eigenvalue weighted by molar-refractivity contribution is -0.135. The van der Waals surface area contributed by atoms with E-state index < -0.39 is 6.04 Å². The Labute approximate surface area is 212 Å². The fourth-order valence-electron chi connectivity index (χ4n) is 5.95. The molecule has 6 rings (SSSR count). The molecule has 6 heterocycles. The van der Waals surface area contributed by atoms with E-state index in [0.717, 1.165) is 16.8 Å². The molecule has 1 fully saturated rings. The second-order valence-corrected chi connectivity index (χ2v) is 10.4. The van der Waals surface area contributed by atoms with E-state index in [1.165, 1.54) is 6.20 Å². The second kappa shape index (κ2) is 8.58. The van der Waals surface area contributed by atoms with Crippen molar-refractivity contribution in [3.05, 3.63) is 70.3 Å². The van der Waals surface area contributed by atoms with Crippen molar-refractivity contribution >= 4 is 22.8 Å². The number of carbonyl (C=O) groups is 1. The first-order chi connectivity index (χ1) is 17.9. The molecular formula is C26H27N9O2. The molecule has 0 radical (unpaired) electrons. The van der Waals surface area contributed by atoms with Gasteiger partial charge in [0, 0.05) is 60.9 Å². The number of nitrogens with zero attached hydrogens (tertiary/aromatic N) is 7. The van der Waals surface area contributed by atoms with E-state index in [4.69, 9.17) is 0 Å². The van der Waals surface area contributed by atoms with Crippen LogP contribution in [-0.2, 0) is 16.8 Å². The van der Waals surface area contributed by atoms with Crippen molar-refractivity contribution in [2.75, 3.05) is 18.0 Å². The number of hydrogen-bond acceptors (Lipinski definition) is 7. The van der Waals surface area contributed by atoms with Gasteiger partial charge in [0.15, 0.2) is 5.65 Å². The number of amides is 1. The number of H-pyrrole nitrogens is 2. The zero-order valence-electron chi connectivity index (χ0n) is 20.7. The molecule has 188 valence electrons. The first-order valence-electron chi connectivity index (χ1n) is 12.3. The first kappa shape index (κ1) is 23.0. The maximum atomic E-state index is 14.3. The van der Waals surface area contributed by atoms with Crippen LogP contribution in [0.3, 0.4) is 0 Å². The number of anilines is 1. The lowest BCUT2D eigenvalue weighted by atomic mass is 9.82. The van der Waals surface area contributed by atoms with E-state index in [9.17, 15) is 14.9 Å². The van der Waals surface area contributed by atoms with Crippen LogP contribution in [-0.4, -0.2) is 59.7 Å². The standard InChI is InChI=1S/C26H27N9O2/c1-26(2)15-33(14-17-13-30-32-22(17)26)24(36)21-10-18(35-20-4-3-7-29-23(20)31-25(35)37)6-9-34(21)19-5-8-28-12-16(19)11-27/h3-5,7-8,12-13,18,21H,6,9-10,14-15H2,1-2H3,(H,30,32)(H,29,31,37). The average molecular weight is 498 g/mol. The summed E-state index contributed by atoms with van der Waals surface area (Å²) in [6, 6.07) is 6.91. The Hall–Kier alpha value is -4.46. The van der Waals surface area contributed by atoms with Crippen LogP contribution in [0.25, 0.3) is 11.2 Å². The molecule has 2 atom stereocenters. The summed E-state index contributed by atoms with van der Waals surface area (Å²) in [4.78, 5) is 42.3. The van der Waals surface area contributed by atoms with Gasteiger partial charge in [-0.25, -0.2) is 9.78 Å². The van der Waals surface area contributed by atoms with Crippen LogP contribution in [0.4, 0.5) is 5.69 Å². The molecule has 0 saturated carbocycles. The Kier molecular flexibility index (Phi) is 5.33. The molecular weight excluding hydrogens is 470 g/mol. The fourth-order valence-corrected chi connectivity index (χ4v) is 5.95. The molecule has 1 amide bonds. The van der Waals surface area contributed by atoms with Crippen molar-refractivity contribution in [3.8, 4) is 6.07 Å². The Bertz CT molecular complexity index is 1590. The predicted octanol–water partition coefficient (Wildman–Crippen LogP) is 2.24. The molecule has 0 spiro atoms. The topological polar surface area (TPSA) is 140 Å². The minimum Gasteiger partial charge on any atom is -0.358 e. The quantitative estimate of drug-likeness (QED) is 0.442. The highest BCUT2D eigenvalue weighted by atomic mass is 16.2. The summed E-state index contributed by atoms with van der Waals surface area (Å²) in [5.74, 6) is -0.0312. The van der Waals surface area contributed by atoms with Crippen molar-refractivity contribution in [2.24, 2.45) is 0 Å². The van der Waals surface area contributed by atoms with Gasteiger partial charge in [-0.15, -0.1) is 0 Å². The molecule has 0 bridgehead atoms. The second-order valence-electron chi connectivity index (χ2n) is 10.4. The van der Waals surface area contributed by atoms with E-state index in [1.807, 2.05) is 15.9 Å². The number of rotatable bonds is 3. The molecule has 2 aliphatic heterocycles. The molecule has 2 unspecified atom stereocenters. The van der Waals surface area contributed by atoms with Gasteiger partial charge >= 0.3 is 5.69 Å². The lowest BCUT2D eigenvalue weighted by Crippen LogP contribution is -2.56. The SMILES string of the molecule is CC1(C)CN(C(=O)C2CC(n3c(=O)[nH]c4ncccc43)CCN2c2ccncc2C#N)Cc2cn[nH]c21. The molecule has 11 heteroatoms. The number of hydrogen-bond donors (Lipinski definition) is 2. The van der Waals surface area contributed by atoms with Crippen LogP contribution in [0, 0.1) is 11.3 Å². The molecule has 4 aromatic rings. The van der Waals surface area contributed by atoms with E-state index in [0.29, 0.717) is 49.4 Å². The Morgan fingerprint density at radius 2 is 2.11 bits per heavy atom. The van der Waals surface area contributed by atoms with Gasteiger partial charge in [-0.2, -0.15) is 10.4 Å². The number of aromatic amines is 2. The first-order valence-corrected chi connectivity index (χ1v) is 12.3. The summed E-state index contributed by atoms with van der Waals surface area (Å²) in [5, 5.41) is 17.1. The number of fused-ring (bicyclic) bond motifs is 2. The van der Waals surface area contributed by atoms with Gasteiger partial charge < -0.3 is 9.80 Å². The number of imidazole rings is 1. The van der Waals surface area contributed by atoms with E-state index >= 15 is 0 Å². The van der Waals surface area contributed by atoms with Crippen LogP contribution in [0.1, 0.15) is 49.6 Å². The molecule has 4 aromatic heterocycles. The van der Waals surface area contributed by atoms with Gasteiger partial charge in [0.25, 0.3) is 0 Å². The van der Waals surface area contributed by atoms with E-state index in [-0.39, 0.29) is 23.1 Å². The molecule has 2 N–H and O–H groups in total. The van der Waals surface area contributed by atoms with Crippen molar-refractivity contribution in [1.29, 1.82) is 5.26 Å². The van der Waals surface area contributed by atoms with Crippen LogP contribution in [0.15, 0.2) is 47.8 Å². The number of nitriles is 1. The van der Waals surface area contributed by atoms with Crippen LogP contribution in [0.5, 0.6) is 0 Å². The molecule has 2 aliphatic rings. The smallest absolute Gasteiger partial charge is 0.327 e. The fraction of sp³-hybridized carbons (Fsp3) is 0.385. The summed E-state index contributed by atoms with van der Waals surface area (Å²) >= 11 is 0. The van der Waals surface area contributed by atoms with Crippen LogP contribution >= 0.6 is 0 Å². The highest BCUT2D eigenvalue weighted by Gasteiger charge is 2.42. The maximum absolute atomic E-state index is 14.3. The highest BCUT2D eigenvalue weighted by molar-refractivity contribution is 5.86. The van der Waals surface area contributed by atoms with Crippen molar-refractivity contribution < 1.29 is 4.79 Å². The van der Waals surface area contributed by atoms with Crippen molar-refractivity contribution in [3.63, 3.8) is 0 Å². The number of carbonyl (C=O) groups excluding carboxylic acids is 1. The Morgan fingerprint density at radius 1 is 1.24 bits per heavy atom. The van der Waals surface area contributed by atoms with Gasteiger partial charge in [0.1, 0.15) is 12.1 Å². The summed E-state index contributed by atoms with van der Waals surface area (Å²) in [6.45, 7) is 5.70. The van der Waals surface area contributed by atoms with Gasteiger partial charge in [-0.3, -0.25) is 24.4 Å². The summed E-state index contributed by atoms with van der Waals surface area (Å²) in [7, 11) is 0. The monoisotopic (exact) mass is 497 g/mol. The zero-order valence-corrected chi connectivity index (χ0v) is 20.7. The molecule has 0 aliphatic carbocycles. The van der Waals surface area contributed by atoms with Crippen molar-refractivity contribution in [1.82, 2.24) is 34.6 Å². The highest BCUT2D eigenvalue weighted by Crippen LogP contribution is 2.37. The van der Waals surface area contributed by atoms with Gasteiger partial charge in [0.05, 0.1) is 23.0 Å². The van der Waals surface area contributed by atoms with Crippen LogP contribution in [0.2, 0.25) is 0 Å². The molecule has 1 saturated heterocycles. The minimum atomic E-state index is -0.564. The van der Waals surface area contributed by atoms with Gasteiger partial charge in [-0.1, -0.05) is 13.8 Å². The van der Waals surface area contributed by atoms with Crippen molar-refractivity contribution in [2.45, 2.75) is 50.7 Å². The zero-order chi connectivity index (χ0) is 25.7. The van der Waals surface area contributed by atoms with E-state index in [1.54, 1.807) is 35.3 Å². The maximum Gasteiger partial charge on any atom is 0.327 e. The normalized spacial score (nSPS) is 21.0. The Morgan fingerprint density at radius 3 is 2.95 bits per heavy atom. The third-order valence-electron chi connectivity index (χ3n) is 7.60.